The van der Waals surface area contributed by atoms with Gasteiger partial charge < -0.3 is 31.0 Å². The Morgan fingerprint density at radius 1 is 1.30 bits per heavy atom. The fourth-order valence-corrected chi connectivity index (χ4v) is 5.84. The molecule has 6 N–H and O–H groups in total. The highest BCUT2D eigenvalue weighted by atomic mass is 32.3. The van der Waals surface area contributed by atoms with Gasteiger partial charge in [-0.1, -0.05) is 5.16 Å². The number of amides is 1. The molecule has 2 saturated heterocycles. The van der Waals surface area contributed by atoms with Crippen LogP contribution in [0.3, 0.4) is 0 Å². The molecule has 2 unspecified atom stereocenters. The minimum absolute atomic E-state index is 0.0192. The number of hydrogen-bond donors (Lipinski definition) is 5. The van der Waals surface area contributed by atoms with E-state index in [2.05, 4.69) is 30.0 Å². The van der Waals surface area contributed by atoms with Gasteiger partial charge in [0.25, 0.3) is 12.0 Å². The molecule has 0 radical (unpaired) electrons. The number of nitrogens with two attached hydrogens (primary N) is 1. The highest BCUT2D eigenvalue weighted by Gasteiger charge is 2.57. The SMILES string of the molecule is CC1(C)C(CC(=O)/C(=N\OC(COc2ccc3c(NCC4CNC4)nccc3c2)C(=O)O)c2csc(N)n2)C(=O)N1OS(=O)(=O)O. The first-order valence-corrected chi connectivity index (χ1v) is 16.2. The molecule has 2 aliphatic rings. The number of carboxylic acid groups (broad SMARTS) is 1. The van der Waals surface area contributed by atoms with Gasteiger partial charge in [-0.15, -0.1) is 15.6 Å². The second-order valence-electron chi connectivity index (χ2n) is 11.2. The number of nitrogen functional groups attached to an aromatic ring is 1. The number of nitrogens with one attached hydrogen (secondary N) is 2. The molecule has 0 saturated carbocycles. The van der Waals surface area contributed by atoms with Crippen LogP contribution in [0.2, 0.25) is 0 Å². The van der Waals surface area contributed by atoms with Crippen molar-refractivity contribution in [1.82, 2.24) is 20.3 Å². The predicted octanol–water partition coefficient (Wildman–Crippen LogP) is 1.09. The zero-order valence-corrected chi connectivity index (χ0v) is 26.2. The number of thiazole rings is 1. The Hall–Kier alpha value is -4.43. The van der Waals surface area contributed by atoms with Crippen molar-refractivity contribution >= 4 is 66.8 Å². The molecule has 3 aromatic rings. The van der Waals surface area contributed by atoms with E-state index in [9.17, 15) is 27.9 Å². The number of anilines is 2. The fraction of sp³-hybridized carbons (Fsp3) is 0.407. The number of hydrogen-bond acceptors (Lipinski definition) is 15. The normalized spacial score (nSPS) is 18.8. The highest BCUT2D eigenvalue weighted by molar-refractivity contribution is 7.80. The molecule has 2 aliphatic heterocycles. The molecular formula is C27H31N7O10S2. The van der Waals surface area contributed by atoms with Gasteiger partial charge in [0.05, 0.1) is 11.5 Å². The number of carbonyl (C=O) groups is 3. The van der Waals surface area contributed by atoms with Gasteiger partial charge in [0.15, 0.2) is 16.6 Å². The summed E-state index contributed by atoms with van der Waals surface area (Å²) in [6.45, 7) is 5.06. The Morgan fingerprint density at radius 2 is 2.07 bits per heavy atom. The molecule has 2 fully saturated rings. The molecule has 0 bridgehead atoms. The molecule has 246 valence electrons. The lowest BCUT2D eigenvalue weighted by Gasteiger charge is -2.50. The van der Waals surface area contributed by atoms with Crippen LogP contribution in [0.25, 0.3) is 10.8 Å². The number of ether oxygens (including phenoxy) is 1. The van der Waals surface area contributed by atoms with E-state index in [1.165, 1.54) is 19.2 Å². The summed E-state index contributed by atoms with van der Waals surface area (Å²) >= 11 is 0.990. The molecule has 2 aromatic heterocycles. The average Bonchev–Trinajstić information content (AvgIpc) is 3.40. The van der Waals surface area contributed by atoms with Gasteiger partial charge in [-0.25, -0.2) is 14.8 Å². The number of pyridine rings is 1. The number of nitrogens with zero attached hydrogens (tertiary/aromatic N) is 4. The van der Waals surface area contributed by atoms with Gasteiger partial charge in [-0.2, -0.15) is 13.5 Å². The molecule has 4 heterocycles. The van der Waals surface area contributed by atoms with Gasteiger partial charge in [-0.05, 0) is 43.5 Å². The first kappa shape index (κ1) is 32.9. The lowest BCUT2D eigenvalue weighted by atomic mass is 9.74. The van der Waals surface area contributed by atoms with E-state index in [0.717, 1.165) is 47.6 Å². The summed E-state index contributed by atoms with van der Waals surface area (Å²) in [6, 6.07) is 7.01. The summed E-state index contributed by atoms with van der Waals surface area (Å²) in [4.78, 5) is 51.6. The third-order valence-electron chi connectivity index (χ3n) is 7.57. The van der Waals surface area contributed by atoms with Gasteiger partial charge in [-0.3, -0.25) is 14.1 Å². The molecule has 0 aliphatic carbocycles. The van der Waals surface area contributed by atoms with E-state index in [1.54, 1.807) is 24.4 Å². The van der Waals surface area contributed by atoms with Crippen LogP contribution >= 0.6 is 11.3 Å². The number of β-lactam (4-membered cyclic amide) rings is 1. The van der Waals surface area contributed by atoms with Gasteiger partial charge in [0.1, 0.15) is 23.9 Å². The van der Waals surface area contributed by atoms with Crippen molar-refractivity contribution in [1.29, 1.82) is 0 Å². The Labute approximate surface area is 266 Å². The van der Waals surface area contributed by atoms with Crippen LogP contribution in [0.15, 0.2) is 41.0 Å². The van der Waals surface area contributed by atoms with Crippen molar-refractivity contribution in [3.63, 3.8) is 0 Å². The molecule has 0 spiro atoms. The standard InChI is InChI=1S/C27H31N7O10S2/c1-27(2)18(24(36)34(27)44-46(39,40)41)8-20(35)22(19-13-45-26(28)32-19)33-43-21(25(37)38)12-42-16-3-4-17-15(7-16)5-6-30-23(17)31-11-14-9-29-10-14/h3-7,13-14,18,21,29H,8-12H2,1-2H3,(H2,28,32)(H,30,31)(H,37,38)(H,39,40,41)/b33-22-. The van der Waals surface area contributed by atoms with Crippen LogP contribution < -0.4 is 21.1 Å². The molecule has 46 heavy (non-hydrogen) atoms. The van der Waals surface area contributed by atoms with Crippen molar-refractivity contribution in [2.24, 2.45) is 17.0 Å². The molecule has 17 nitrogen and oxygen atoms in total. The Bertz CT molecular complexity index is 1790. The number of hydroxylamine groups is 2. The topological polar surface area (TPSA) is 245 Å². The maximum absolute atomic E-state index is 13.3. The second kappa shape index (κ2) is 13.1. The lowest BCUT2D eigenvalue weighted by molar-refractivity contribution is -0.228. The van der Waals surface area contributed by atoms with E-state index in [0.29, 0.717) is 16.7 Å². The van der Waals surface area contributed by atoms with Crippen molar-refractivity contribution in [3.05, 3.63) is 41.5 Å². The molecule has 5 rings (SSSR count). The average molecular weight is 678 g/mol. The number of carbonyl (C=O) groups excluding carboxylic acids is 2. The zero-order valence-electron chi connectivity index (χ0n) is 24.6. The third kappa shape index (κ3) is 7.34. The van der Waals surface area contributed by atoms with Crippen LogP contribution in [0.1, 0.15) is 26.0 Å². The highest BCUT2D eigenvalue weighted by Crippen LogP contribution is 2.40. The third-order valence-corrected chi connectivity index (χ3v) is 8.58. The van der Waals surface area contributed by atoms with E-state index in [4.69, 9.17) is 19.9 Å². The van der Waals surface area contributed by atoms with Crippen molar-refractivity contribution < 1.29 is 46.3 Å². The van der Waals surface area contributed by atoms with Gasteiger partial charge in [0, 0.05) is 48.9 Å². The van der Waals surface area contributed by atoms with Crippen molar-refractivity contribution in [2.75, 3.05) is 37.3 Å². The summed E-state index contributed by atoms with van der Waals surface area (Å²) in [5.74, 6) is -2.53. The van der Waals surface area contributed by atoms with E-state index in [1.807, 2.05) is 6.07 Å². The quantitative estimate of drug-likeness (QED) is 0.0654. The minimum atomic E-state index is -4.99. The lowest BCUT2D eigenvalue weighted by Crippen LogP contribution is -2.68. The number of rotatable bonds is 15. The summed E-state index contributed by atoms with van der Waals surface area (Å²) < 4.78 is 41.2. The smallest absolute Gasteiger partial charge is 0.418 e. The number of aliphatic carboxylic acids is 1. The molecule has 1 aromatic carbocycles. The predicted molar refractivity (Wildman–Crippen MR) is 164 cm³/mol. The summed E-state index contributed by atoms with van der Waals surface area (Å²) in [5, 5.41) is 23.8. The minimum Gasteiger partial charge on any atom is -0.489 e. The summed E-state index contributed by atoms with van der Waals surface area (Å²) in [7, 11) is -4.99. The molecule has 1 amide bonds. The first-order chi connectivity index (χ1) is 21.7. The number of Topliss-reactive ketones (excluding diaryl/α,β-unsaturated/α-hetero) is 1. The molecule has 19 heteroatoms. The van der Waals surface area contributed by atoms with Gasteiger partial charge in [0.2, 0.25) is 0 Å². The number of ketones is 1. The molecule has 2 atom stereocenters. The summed E-state index contributed by atoms with van der Waals surface area (Å²) in [5.41, 5.74) is 3.98. The van der Waals surface area contributed by atoms with E-state index in [-0.39, 0.29) is 10.8 Å². The van der Waals surface area contributed by atoms with E-state index >= 15 is 0 Å². The van der Waals surface area contributed by atoms with Crippen LogP contribution in [-0.4, -0.2) is 94.4 Å². The number of aromatic nitrogens is 2. The van der Waals surface area contributed by atoms with Crippen molar-refractivity contribution in [2.45, 2.75) is 31.9 Å². The fourth-order valence-electron chi connectivity index (χ4n) is 4.84. The first-order valence-electron chi connectivity index (χ1n) is 13.9. The zero-order chi connectivity index (χ0) is 33.2. The van der Waals surface area contributed by atoms with Crippen molar-refractivity contribution in [3.8, 4) is 5.75 Å². The Kier molecular flexibility index (Phi) is 9.40. The number of carboxylic acids is 1. The van der Waals surface area contributed by atoms with Crippen LogP contribution in [0, 0.1) is 11.8 Å². The maximum atomic E-state index is 13.3. The summed E-state index contributed by atoms with van der Waals surface area (Å²) in [6.07, 6.45) is -0.488. The Morgan fingerprint density at radius 3 is 2.67 bits per heavy atom. The maximum Gasteiger partial charge on any atom is 0.418 e. The second-order valence-corrected chi connectivity index (χ2v) is 13.1. The monoisotopic (exact) mass is 677 g/mol. The molecular weight excluding hydrogens is 646 g/mol. The number of oxime groups is 1. The number of benzene rings is 1. The largest absolute Gasteiger partial charge is 0.489 e. The number of fused-ring (bicyclic) bond motifs is 1. The van der Waals surface area contributed by atoms with Crippen LogP contribution in [-0.2, 0) is 33.9 Å². The van der Waals surface area contributed by atoms with Crippen LogP contribution in [0.4, 0.5) is 10.9 Å². The van der Waals surface area contributed by atoms with Gasteiger partial charge >= 0.3 is 16.4 Å². The Balaban J connectivity index is 1.27. The van der Waals surface area contributed by atoms with E-state index < -0.39 is 64.4 Å². The van der Waals surface area contributed by atoms with Crippen LogP contribution in [0.5, 0.6) is 5.75 Å².